The molecule has 19 heavy (non-hydrogen) atoms. The van der Waals surface area contributed by atoms with E-state index in [0.717, 1.165) is 31.8 Å². The Kier molecular flexibility index (Phi) is 6.47. The molecule has 0 fully saturated rings. The molecule has 0 unspecified atom stereocenters. The van der Waals surface area contributed by atoms with Crippen LogP contribution < -0.4 is 5.32 Å². The summed E-state index contributed by atoms with van der Waals surface area (Å²) in [6, 6.07) is 0. The largest absolute Gasteiger partial charge is 0.338 e. The second-order valence-electron chi connectivity index (χ2n) is 4.56. The van der Waals surface area contributed by atoms with Crippen molar-refractivity contribution >= 4 is 10.0 Å². The highest BCUT2D eigenvalue weighted by atomic mass is 32.2. The van der Waals surface area contributed by atoms with E-state index >= 15 is 0 Å². The number of nitrogens with one attached hydrogen (secondary N) is 1. The van der Waals surface area contributed by atoms with Crippen LogP contribution in [0.2, 0.25) is 0 Å². The number of sulfonamides is 1. The fourth-order valence-corrected chi connectivity index (χ4v) is 2.83. The van der Waals surface area contributed by atoms with Gasteiger partial charge in [-0.1, -0.05) is 6.92 Å². The summed E-state index contributed by atoms with van der Waals surface area (Å²) in [7, 11) is -1.08. The summed E-state index contributed by atoms with van der Waals surface area (Å²) in [6.45, 7) is 4.64. The highest BCUT2D eigenvalue weighted by Crippen LogP contribution is 1.98. The molecule has 6 nitrogen and oxygen atoms in total. The van der Waals surface area contributed by atoms with Crippen LogP contribution in [0.15, 0.2) is 12.4 Å². The molecule has 1 rings (SSSR count). The summed E-state index contributed by atoms with van der Waals surface area (Å²) in [5.74, 6) is 1.05. The molecule has 0 spiro atoms. The number of hydrogen-bond acceptors (Lipinski definition) is 4. The molecule has 110 valence electrons. The zero-order chi connectivity index (χ0) is 14.3. The van der Waals surface area contributed by atoms with Crippen molar-refractivity contribution < 1.29 is 8.42 Å². The van der Waals surface area contributed by atoms with E-state index in [9.17, 15) is 8.42 Å². The number of aryl methyl sites for hydroxylation is 1. The quantitative estimate of drug-likeness (QED) is 0.660. The van der Waals surface area contributed by atoms with Crippen LogP contribution in [0.3, 0.4) is 0 Å². The van der Waals surface area contributed by atoms with Gasteiger partial charge in [-0.05, 0) is 13.0 Å². The van der Waals surface area contributed by atoms with Crippen LogP contribution in [-0.2, 0) is 23.5 Å². The third kappa shape index (κ3) is 5.71. The van der Waals surface area contributed by atoms with E-state index in [1.165, 1.54) is 10.6 Å². The monoisotopic (exact) mass is 288 g/mol. The lowest BCUT2D eigenvalue weighted by Crippen LogP contribution is -2.32. The van der Waals surface area contributed by atoms with Crippen molar-refractivity contribution in [3.05, 3.63) is 18.2 Å². The van der Waals surface area contributed by atoms with Gasteiger partial charge in [0.1, 0.15) is 5.82 Å². The lowest BCUT2D eigenvalue weighted by molar-refractivity contribution is 0.419. The van der Waals surface area contributed by atoms with Gasteiger partial charge >= 0.3 is 0 Å². The number of nitrogens with zero attached hydrogens (tertiary/aromatic N) is 3. The van der Waals surface area contributed by atoms with E-state index in [1.807, 2.05) is 24.7 Å². The third-order valence-electron chi connectivity index (χ3n) is 3.03. The van der Waals surface area contributed by atoms with Gasteiger partial charge in [-0.3, -0.25) is 0 Å². The number of rotatable bonds is 9. The predicted molar refractivity (Wildman–Crippen MR) is 76.5 cm³/mol. The second-order valence-corrected chi connectivity index (χ2v) is 6.55. The third-order valence-corrected chi connectivity index (χ3v) is 4.41. The Balaban J connectivity index is 2.13. The maximum atomic E-state index is 11.4. The van der Waals surface area contributed by atoms with Crippen molar-refractivity contribution in [3.63, 3.8) is 0 Å². The van der Waals surface area contributed by atoms with Gasteiger partial charge in [0.25, 0.3) is 0 Å². The highest BCUT2D eigenvalue weighted by molar-refractivity contribution is 7.88. The maximum Gasteiger partial charge on any atom is 0.211 e. The average Bonchev–Trinajstić information content (AvgIpc) is 2.72. The van der Waals surface area contributed by atoms with Crippen molar-refractivity contribution in [1.82, 2.24) is 19.2 Å². The van der Waals surface area contributed by atoms with E-state index in [0.29, 0.717) is 13.1 Å². The Morgan fingerprint density at radius 1 is 1.42 bits per heavy atom. The topological polar surface area (TPSA) is 67.2 Å². The SMILES string of the molecule is CCN(CCCNCCc1nccn1C)S(C)(=O)=O. The summed E-state index contributed by atoms with van der Waals surface area (Å²) >= 11 is 0. The number of aromatic nitrogens is 2. The molecule has 1 N–H and O–H groups in total. The van der Waals surface area contributed by atoms with Crippen LogP contribution in [0.25, 0.3) is 0 Å². The molecule has 1 aromatic rings. The van der Waals surface area contributed by atoms with Crippen LogP contribution in [0, 0.1) is 0 Å². The van der Waals surface area contributed by atoms with Crippen molar-refractivity contribution in [2.24, 2.45) is 7.05 Å². The number of imidazole rings is 1. The minimum absolute atomic E-state index is 0.534. The van der Waals surface area contributed by atoms with Gasteiger partial charge in [0.15, 0.2) is 0 Å². The van der Waals surface area contributed by atoms with E-state index in [1.54, 1.807) is 6.20 Å². The van der Waals surface area contributed by atoms with Crippen LogP contribution >= 0.6 is 0 Å². The van der Waals surface area contributed by atoms with Gasteiger partial charge < -0.3 is 9.88 Å². The summed E-state index contributed by atoms with van der Waals surface area (Å²) in [6.07, 6.45) is 6.68. The lowest BCUT2D eigenvalue weighted by Gasteiger charge is -2.17. The fraction of sp³-hybridized carbons (Fsp3) is 0.750. The summed E-state index contributed by atoms with van der Waals surface area (Å²) < 4.78 is 26.2. The normalized spacial score (nSPS) is 12.2. The number of hydrogen-bond donors (Lipinski definition) is 1. The molecule has 0 bridgehead atoms. The van der Waals surface area contributed by atoms with Crippen molar-refractivity contribution in [1.29, 1.82) is 0 Å². The molecule has 7 heteroatoms. The Morgan fingerprint density at radius 2 is 2.16 bits per heavy atom. The minimum Gasteiger partial charge on any atom is -0.338 e. The van der Waals surface area contributed by atoms with E-state index in [4.69, 9.17) is 0 Å². The zero-order valence-electron chi connectivity index (χ0n) is 12.0. The molecule has 0 atom stereocenters. The molecule has 0 amide bonds. The lowest BCUT2D eigenvalue weighted by atomic mass is 10.3. The molecule has 0 aromatic carbocycles. The van der Waals surface area contributed by atoms with E-state index < -0.39 is 10.0 Å². The molecule has 0 aliphatic heterocycles. The first-order valence-corrected chi connectivity index (χ1v) is 8.42. The van der Waals surface area contributed by atoms with E-state index in [2.05, 4.69) is 10.3 Å². The average molecular weight is 288 g/mol. The van der Waals surface area contributed by atoms with Gasteiger partial charge in [0, 0.05) is 45.5 Å². The first-order chi connectivity index (χ1) is 8.95. The smallest absolute Gasteiger partial charge is 0.211 e. The Morgan fingerprint density at radius 3 is 2.68 bits per heavy atom. The molecular formula is C12H24N4O2S. The summed E-state index contributed by atoms with van der Waals surface area (Å²) in [4.78, 5) is 4.24. The van der Waals surface area contributed by atoms with Crippen LogP contribution in [0.5, 0.6) is 0 Å². The van der Waals surface area contributed by atoms with Gasteiger partial charge in [-0.2, -0.15) is 0 Å². The molecule has 0 saturated heterocycles. The van der Waals surface area contributed by atoms with Gasteiger partial charge in [0.2, 0.25) is 10.0 Å². The predicted octanol–water partition coefficient (Wildman–Crippen LogP) is 0.224. The molecule has 0 aliphatic carbocycles. The Labute approximate surface area is 115 Å². The Hall–Kier alpha value is -0.920. The first kappa shape index (κ1) is 16.1. The highest BCUT2D eigenvalue weighted by Gasteiger charge is 2.12. The van der Waals surface area contributed by atoms with Crippen LogP contribution in [0.1, 0.15) is 19.2 Å². The van der Waals surface area contributed by atoms with E-state index in [-0.39, 0.29) is 0 Å². The Bertz CT molecular complexity index is 470. The minimum atomic E-state index is -3.06. The van der Waals surface area contributed by atoms with Crippen molar-refractivity contribution in [2.75, 3.05) is 32.4 Å². The zero-order valence-corrected chi connectivity index (χ0v) is 12.8. The van der Waals surface area contributed by atoms with Gasteiger partial charge in [-0.15, -0.1) is 0 Å². The van der Waals surface area contributed by atoms with Crippen molar-refractivity contribution in [2.45, 2.75) is 19.8 Å². The van der Waals surface area contributed by atoms with Crippen molar-refractivity contribution in [3.8, 4) is 0 Å². The molecule has 0 radical (unpaired) electrons. The molecule has 1 aromatic heterocycles. The molecule has 1 heterocycles. The standard InChI is InChI=1S/C12H24N4O2S/c1-4-16(19(3,17)18)10-5-7-13-8-6-12-14-9-11-15(12)2/h9,11,13H,4-8,10H2,1-3H3. The second kappa shape index (κ2) is 7.62. The fourth-order valence-electron chi connectivity index (χ4n) is 1.90. The molecule has 0 saturated carbocycles. The maximum absolute atomic E-state index is 11.4. The van der Waals surface area contributed by atoms with Gasteiger partial charge in [0.05, 0.1) is 6.26 Å². The summed E-state index contributed by atoms with van der Waals surface area (Å²) in [5.41, 5.74) is 0. The molecule has 0 aliphatic rings. The first-order valence-electron chi connectivity index (χ1n) is 6.57. The summed E-state index contributed by atoms with van der Waals surface area (Å²) in [5, 5.41) is 3.31. The van der Waals surface area contributed by atoms with Crippen LogP contribution in [0.4, 0.5) is 0 Å². The van der Waals surface area contributed by atoms with Crippen LogP contribution in [-0.4, -0.2) is 54.7 Å². The van der Waals surface area contributed by atoms with Gasteiger partial charge in [-0.25, -0.2) is 17.7 Å². The molecular weight excluding hydrogens is 264 g/mol.